The zero-order valence-corrected chi connectivity index (χ0v) is 14.7. The van der Waals surface area contributed by atoms with Crippen LogP contribution < -0.4 is 10.2 Å². The maximum absolute atomic E-state index is 12.5. The van der Waals surface area contributed by atoms with Crippen molar-refractivity contribution in [2.75, 3.05) is 18.0 Å². The van der Waals surface area contributed by atoms with Crippen molar-refractivity contribution >= 4 is 23.5 Å². The molecule has 0 spiro atoms. The van der Waals surface area contributed by atoms with E-state index < -0.39 is 0 Å². The molecule has 1 aromatic carbocycles. The fraction of sp³-hybridized carbons (Fsp3) is 0.389. The molecular weight excluding hydrogens is 324 g/mol. The van der Waals surface area contributed by atoms with E-state index in [9.17, 15) is 4.79 Å². The molecule has 1 aliphatic heterocycles. The van der Waals surface area contributed by atoms with E-state index in [0.29, 0.717) is 22.2 Å². The van der Waals surface area contributed by atoms with Crippen LogP contribution in [-0.4, -0.2) is 29.0 Å². The summed E-state index contributed by atoms with van der Waals surface area (Å²) < 4.78 is 0. The van der Waals surface area contributed by atoms with Gasteiger partial charge in [-0.3, -0.25) is 4.79 Å². The van der Waals surface area contributed by atoms with Crippen molar-refractivity contribution in [3.05, 3.63) is 52.3 Å². The molecule has 0 radical (unpaired) electrons. The average Bonchev–Trinajstić information content (AvgIpc) is 3.09. The lowest BCUT2D eigenvalue weighted by atomic mass is 10.1. The largest absolute Gasteiger partial charge is 0.345 e. The third kappa shape index (κ3) is 3.67. The van der Waals surface area contributed by atoms with Gasteiger partial charge in [-0.25, -0.2) is 9.97 Å². The number of carbonyl (C=O) groups is 1. The molecule has 2 aromatic rings. The summed E-state index contributed by atoms with van der Waals surface area (Å²) in [5, 5.41) is 3.67. The van der Waals surface area contributed by atoms with Crippen LogP contribution in [0.3, 0.4) is 0 Å². The Kier molecular flexibility index (Phi) is 5.00. The van der Waals surface area contributed by atoms with Crippen LogP contribution in [-0.2, 0) is 0 Å². The van der Waals surface area contributed by atoms with E-state index in [-0.39, 0.29) is 11.9 Å². The topological polar surface area (TPSA) is 58.1 Å². The minimum absolute atomic E-state index is 0.118. The first-order chi connectivity index (χ1) is 11.5. The highest BCUT2D eigenvalue weighted by Crippen LogP contribution is 2.19. The number of rotatable bonds is 4. The van der Waals surface area contributed by atoms with E-state index in [1.807, 2.05) is 38.1 Å². The predicted molar refractivity (Wildman–Crippen MR) is 95.5 cm³/mol. The van der Waals surface area contributed by atoms with Gasteiger partial charge < -0.3 is 10.2 Å². The third-order valence-electron chi connectivity index (χ3n) is 4.32. The summed E-state index contributed by atoms with van der Waals surface area (Å²) in [5.41, 5.74) is 2.21. The van der Waals surface area contributed by atoms with Crippen molar-refractivity contribution in [3.63, 3.8) is 0 Å². The fourth-order valence-corrected chi connectivity index (χ4v) is 2.98. The number of amides is 1. The number of aromatic nitrogens is 2. The van der Waals surface area contributed by atoms with E-state index in [2.05, 4.69) is 20.2 Å². The van der Waals surface area contributed by atoms with Crippen molar-refractivity contribution in [2.24, 2.45) is 0 Å². The van der Waals surface area contributed by atoms with Crippen LogP contribution in [0.5, 0.6) is 0 Å². The zero-order chi connectivity index (χ0) is 17.1. The van der Waals surface area contributed by atoms with Gasteiger partial charge >= 0.3 is 0 Å². The Labute approximate surface area is 147 Å². The Morgan fingerprint density at radius 3 is 2.54 bits per heavy atom. The molecular formula is C18H21ClN4O. The molecule has 3 rings (SSSR count). The Morgan fingerprint density at radius 1 is 1.25 bits per heavy atom. The molecule has 126 valence electrons. The monoisotopic (exact) mass is 344 g/mol. The lowest BCUT2D eigenvalue weighted by Crippen LogP contribution is -2.28. The van der Waals surface area contributed by atoms with Gasteiger partial charge in [-0.05, 0) is 44.4 Å². The first-order valence-corrected chi connectivity index (χ1v) is 8.57. The van der Waals surface area contributed by atoms with E-state index in [1.165, 1.54) is 12.8 Å². The van der Waals surface area contributed by atoms with Crippen LogP contribution in [0.25, 0.3) is 0 Å². The molecule has 5 nitrogen and oxygen atoms in total. The van der Waals surface area contributed by atoms with Gasteiger partial charge in [0.25, 0.3) is 5.91 Å². The quantitative estimate of drug-likeness (QED) is 0.921. The Bertz CT molecular complexity index is 726. The summed E-state index contributed by atoms with van der Waals surface area (Å²) >= 11 is 5.90. The standard InChI is InChI=1S/C18H21ClN4O/c1-12(14-5-7-15(19)8-6-14)21-17(24)16-11-20-18(22-13(16)2)23-9-3-4-10-23/h5-8,11-12H,3-4,9-10H2,1-2H3,(H,21,24). The van der Waals surface area contributed by atoms with Crippen LogP contribution in [0, 0.1) is 6.92 Å². The number of hydrogen-bond acceptors (Lipinski definition) is 4. The number of hydrogen-bond donors (Lipinski definition) is 1. The van der Waals surface area contributed by atoms with Gasteiger partial charge in [-0.2, -0.15) is 0 Å². The summed E-state index contributed by atoms with van der Waals surface area (Å²) in [6.07, 6.45) is 3.96. The zero-order valence-electron chi connectivity index (χ0n) is 13.9. The summed E-state index contributed by atoms with van der Waals surface area (Å²) in [4.78, 5) is 23.6. The number of nitrogens with one attached hydrogen (secondary N) is 1. The van der Waals surface area contributed by atoms with Crippen LogP contribution in [0.1, 0.15) is 47.4 Å². The van der Waals surface area contributed by atoms with E-state index >= 15 is 0 Å². The first kappa shape index (κ1) is 16.7. The number of benzene rings is 1. The third-order valence-corrected chi connectivity index (χ3v) is 4.57. The second-order valence-electron chi connectivity index (χ2n) is 6.11. The molecule has 0 saturated carbocycles. The van der Waals surface area contributed by atoms with E-state index in [4.69, 9.17) is 11.6 Å². The lowest BCUT2D eigenvalue weighted by Gasteiger charge is -2.18. The Balaban J connectivity index is 1.71. The number of anilines is 1. The van der Waals surface area contributed by atoms with Gasteiger partial charge in [0.05, 0.1) is 17.3 Å². The second-order valence-corrected chi connectivity index (χ2v) is 6.55. The summed E-state index contributed by atoms with van der Waals surface area (Å²) in [5.74, 6) is 0.551. The van der Waals surface area contributed by atoms with Gasteiger partial charge in [0.2, 0.25) is 5.95 Å². The molecule has 24 heavy (non-hydrogen) atoms. The number of nitrogens with zero attached hydrogens (tertiary/aromatic N) is 3. The van der Waals surface area contributed by atoms with Crippen LogP contribution in [0.15, 0.2) is 30.5 Å². The van der Waals surface area contributed by atoms with Gasteiger partial charge in [0, 0.05) is 24.3 Å². The Hall–Kier alpha value is -2.14. The first-order valence-electron chi connectivity index (χ1n) is 8.19. The van der Waals surface area contributed by atoms with E-state index in [1.54, 1.807) is 6.20 Å². The molecule has 2 heterocycles. The fourth-order valence-electron chi connectivity index (χ4n) is 2.86. The van der Waals surface area contributed by atoms with Gasteiger partial charge in [0.1, 0.15) is 0 Å². The molecule has 1 fully saturated rings. The highest BCUT2D eigenvalue weighted by atomic mass is 35.5. The van der Waals surface area contributed by atoms with Gasteiger partial charge in [0.15, 0.2) is 0 Å². The Morgan fingerprint density at radius 2 is 1.92 bits per heavy atom. The molecule has 1 aromatic heterocycles. The number of aryl methyl sites for hydroxylation is 1. The minimum Gasteiger partial charge on any atom is -0.345 e. The predicted octanol–water partition coefficient (Wildman–Crippen LogP) is 3.53. The van der Waals surface area contributed by atoms with E-state index in [0.717, 1.165) is 18.7 Å². The van der Waals surface area contributed by atoms with Gasteiger partial charge in [-0.15, -0.1) is 0 Å². The van der Waals surface area contributed by atoms with Crippen molar-refractivity contribution < 1.29 is 4.79 Å². The highest BCUT2D eigenvalue weighted by Gasteiger charge is 2.19. The molecule has 1 unspecified atom stereocenters. The lowest BCUT2D eigenvalue weighted by molar-refractivity contribution is 0.0938. The van der Waals surface area contributed by atoms with Crippen molar-refractivity contribution in [1.29, 1.82) is 0 Å². The highest BCUT2D eigenvalue weighted by molar-refractivity contribution is 6.30. The molecule has 1 amide bonds. The molecule has 1 atom stereocenters. The average molecular weight is 345 g/mol. The number of carbonyl (C=O) groups excluding carboxylic acids is 1. The van der Waals surface area contributed by atoms with Crippen LogP contribution in [0.2, 0.25) is 5.02 Å². The minimum atomic E-state index is -0.164. The van der Waals surface area contributed by atoms with Crippen molar-refractivity contribution in [1.82, 2.24) is 15.3 Å². The smallest absolute Gasteiger partial charge is 0.255 e. The summed E-state index contributed by atoms with van der Waals surface area (Å²) in [6.45, 7) is 5.76. The maximum atomic E-state index is 12.5. The summed E-state index contributed by atoms with van der Waals surface area (Å²) in [7, 11) is 0. The molecule has 6 heteroatoms. The molecule has 0 aliphatic carbocycles. The maximum Gasteiger partial charge on any atom is 0.255 e. The molecule has 1 aliphatic rings. The SMILES string of the molecule is Cc1nc(N2CCCC2)ncc1C(=O)NC(C)c1ccc(Cl)cc1. The van der Waals surface area contributed by atoms with Crippen LogP contribution >= 0.6 is 11.6 Å². The second kappa shape index (κ2) is 7.18. The van der Waals surface area contributed by atoms with Gasteiger partial charge in [-0.1, -0.05) is 23.7 Å². The number of halogens is 1. The van der Waals surface area contributed by atoms with Crippen molar-refractivity contribution in [3.8, 4) is 0 Å². The normalized spacial score (nSPS) is 15.4. The van der Waals surface area contributed by atoms with Crippen LogP contribution in [0.4, 0.5) is 5.95 Å². The summed E-state index contributed by atoms with van der Waals surface area (Å²) in [6, 6.07) is 7.34. The molecule has 0 bridgehead atoms. The van der Waals surface area contributed by atoms with Crippen molar-refractivity contribution in [2.45, 2.75) is 32.7 Å². The molecule has 1 N–H and O–H groups in total. The molecule has 1 saturated heterocycles.